The maximum Gasteiger partial charge on any atom is 0.243 e. The minimum absolute atomic E-state index is 0.0438. The standard InChI is InChI=1S/C11H21N3O2S/c1-3-10(15)14-7-17-6-9(14)11(16)13-5-4-8(2)12/h8-9H,3-7,12H2,1-2H3,(H,13,16). The predicted molar refractivity (Wildman–Crippen MR) is 69.5 cm³/mol. The first kappa shape index (κ1) is 14.3. The van der Waals surface area contributed by atoms with Crippen LogP contribution in [-0.2, 0) is 9.59 Å². The van der Waals surface area contributed by atoms with Crippen LogP contribution in [0.4, 0.5) is 0 Å². The van der Waals surface area contributed by atoms with E-state index in [1.165, 1.54) is 0 Å². The summed E-state index contributed by atoms with van der Waals surface area (Å²) >= 11 is 1.62. The Kier molecular flexibility index (Phi) is 5.77. The minimum atomic E-state index is -0.305. The van der Waals surface area contributed by atoms with Gasteiger partial charge in [0.1, 0.15) is 6.04 Å². The molecule has 6 heteroatoms. The monoisotopic (exact) mass is 259 g/mol. The molecule has 0 bridgehead atoms. The second-order valence-electron chi connectivity index (χ2n) is 4.29. The van der Waals surface area contributed by atoms with Gasteiger partial charge in [-0.05, 0) is 13.3 Å². The molecular weight excluding hydrogens is 238 g/mol. The quantitative estimate of drug-likeness (QED) is 0.737. The van der Waals surface area contributed by atoms with Crippen LogP contribution in [0.3, 0.4) is 0 Å². The molecule has 2 amide bonds. The molecule has 1 saturated heterocycles. The molecule has 5 nitrogen and oxygen atoms in total. The van der Waals surface area contributed by atoms with Crippen LogP contribution in [0.1, 0.15) is 26.7 Å². The van der Waals surface area contributed by atoms with Crippen molar-refractivity contribution >= 4 is 23.6 Å². The number of nitrogens with two attached hydrogens (primary N) is 1. The average Bonchev–Trinajstić information content (AvgIpc) is 2.76. The number of hydrogen-bond donors (Lipinski definition) is 2. The van der Waals surface area contributed by atoms with Gasteiger partial charge in [-0.2, -0.15) is 0 Å². The second kappa shape index (κ2) is 6.86. The van der Waals surface area contributed by atoms with Crippen LogP contribution < -0.4 is 11.1 Å². The highest BCUT2D eigenvalue weighted by molar-refractivity contribution is 7.99. The number of hydrogen-bond acceptors (Lipinski definition) is 4. The van der Waals surface area contributed by atoms with E-state index < -0.39 is 0 Å². The van der Waals surface area contributed by atoms with Crippen molar-refractivity contribution in [2.24, 2.45) is 5.73 Å². The molecule has 1 fully saturated rings. The summed E-state index contributed by atoms with van der Waals surface area (Å²) in [7, 11) is 0. The maximum atomic E-state index is 11.9. The Labute approximate surface area is 106 Å². The third-order valence-electron chi connectivity index (χ3n) is 2.71. The lowest BCUT2D eigenvalue weighted by atomic mass is 10.2. The van der Waals surface area contributed by atoms with Crippen LogP contribution in [0, 0.1) is 0 Å². The van der Waals surface area contributed by atoms with E-state index in [-0.39, 0.29) is 23.9 Å². The van der Waals surface area contributed by atoms with Crippen LogP contribution in [0.2, 0.25) is 0 Å². The Morgan fingerprint density at radius 2 is 2.29 bits per heavy atom. The molecule has 0 saturated carbocycles. The molecule has 2 atom stereocenters. The lowest BCUT2D eigenvalue weighted by molar-refractivity contribution is -0.137. The molecule has 2 unspecified atom stereocenters. The summed E-state index contributed by atoms with van der Waals surface area (Å²) < 4.78 is 0. The number of carbonyl (C=O) groups excluding carboxylic acids is 2. The summed E-state index contributed by atoms with van der Waals surface area (Å²) in [5, 5.41) is 2.84. The molecular formula is C11H21N3O2S. The van der Waals surface area contributed by atoms with Gasteiger partial charge in [0.05, 0.1) is 5.88 Å². The SMILES string of the molecule is CCC(=O)N1CSCC1C(=O)NCCC(C)N. The highest BCUT2D eigenvalue weighted by Crippen LogP contribution is 2.21. The van der Waals surface area contributed by atoms with Crippen molar-refractivity contribution in [3.05, 3.63) is 0 Å². The van der Waals surface area contributed by atoms with E-state index in [2.05, 4.69) is 5.32 Å². The first-order chi connectivity index (χ1) is 8.06. The fourth-order valence-corrected chi connectivity index (χ4v) is 2.83. The zero-order chi connectivity index (χ0) is 12.8. The summed E-state index contributed by atoms with van der Waals surface area (Å²) in [6, 6.07) is -0.220. The lowest BCUT2D eigenvalue weighted by Crippen LogP contribution is -2.47. The van der Waals surface area contributed by atoms with Crippen molar-refractivity contribution in [1.29, 1.82) is 0 Å². The zero-order valence-corrected chi connectivity index (χ0v) is 11.3. The van der Waals surface area contributed by atoms with Gasteiger partial charge >= 0.3 is 0 Å². The van der Waals surface area contributed by atoms with Crippen LogP contribution in [-0.4, -0.2) is 47.0 Å². The summed E-state index contributed by atoms with van der Waals surface area (Å²) in [6.45, 7) is 4.30. The molecule has 0 aromatic rings. The summed E-state index contributed by atoms with van der Waals surface area (Å²) in [5.74, 6) is 1.30. The Morgan fingerprint density at radius 3 is 2.88 bits per heavy atom. The molecule has 0 spiro atoms. The van der Waals surface area contributed by atoms with Crippen molar-refractivity contribution in [2.75, 3.05) is 18.2 Å². The Balaban J connectivity index is 2.42. The molecule has 1 rings (SSSR count). The number of thioether (sulfide) groups is 1. The normalized spacial score (nSPS) is 21.4. The van der Waals surface area contributed by atoms with Crippen LogP contribution >= 0.6 is 11.8 Å². The number of nitrogens with zero attached hydrogens (tertiary/aromatic N) is 1. The third kappa shape index (κ3) is 4.20. The van der Waals surface area contributed by atoms with Crippen molar-refractivity contribution in [3.63, 3.8) is 0 Å². The van der Waals surface area contributed by atoms with E-state index in [1.54, 1.807) is 16.7 Å². The predicted octanol–water partition coefficient (Wildman–Crippen LogP) is 0.151. The molecule has 1 aliphatic heterocycles. The van der Waals surface area contributed by atoms with E-state index in [0.717, 1.165) is 6.42 Å². The van der Waals surface area contributed by atoms with Crippen LogP contribution in [0.15, 0.2) is 0 Å². The van der Waals surface area contributed by atoms with Gasteiger partial charge in [0.2, 0.25) is 11.8 Å². The van der Waals surface area contributed by atoms with Crippen molar-refractivity contribution in [3.8, 4) is 0 Å². The van der Waals surface area contributed by atoms with Crippen molar-refractivity contribution < 1.29 is 9.59 Å². The summed E-state index contributed by atoms with van der Waals surface area (Å²) in [6.07, 6.45) is 1.21. The topological polar surface area (TPSA) is 75.4 Å². The van der Waals surface area contributed by atoms with Gasteiger partial charge in [0.25, 0.3) is 0 Å². The summed E-state index contributed by atoms with van der Waals surface area (Å²) in [4.78, 5) is 25.2. The van der Waals surface area contributed by atoms with Gasteiger partial charge in [-0.25, -0.2) is 0 Å². The fraction of sp³-hybridized carbons (Fsp3) is 0.818. The van der Waals surface area contributed by atoms with Crippen LogP contribution in [0.25, 0.3) is 0 Å². The Morgan fingerprint density at radius 1 is 1.59 bits per heavy atom. The molecule has 3 N–H and O–H groups in total. The molecule has 17 heavy (non-hydrogen) atoms. The Bertz CT molecular complexity index is 284. The summed E-state index contributed by atoms with van der Waals surface area (Å²) in [5.41, 5.74) is 5.61. The maximum absolute atomic E-state index is 11.9. The van der Waals surface area contributed by atoms with Gasteiger partial charge in [0, 0.05) is 24.8 Å². The van der Waals surface area contributed by atoms with Gasteiger partial charge in [0.15, 0.2) is 0 Å². The first-order valence-electron chi connectivity index (χ1n) is 5.96. The highest BCUT2D eigenvalue weighted by Gasteiger charge is 2.33. The molecule has 1 aliphatic rings. The third-order valence-corrected chi connectivity index (χ3v) is 3.72. The average molecular weight is 259 g/mol. The smallest absolute Gasteiger partial charge is 0.243 e. The zero-order valence-electron chi connectivity index (χ0n) is 10.4. The molecule has 0 radical (unpaired) electrons. The highest BCUT2D eigenvalue weighted by atomic mass is 32.2. The van der Waals surface area contributed by atoms with Gasteiger partial charge in [-0.15, -0.1) is 11.8 Å². The molecule has 0 aromatic carbocycles. The van der Waals surface area contributed by atoms with Gasteiger partial charge in [-0.1, -0.05) is 6.92 Å². The molecule has 1 heterocycles. The molecule has 98 valence electrons. The first-order valence-corrected chi connectivity index (χ1v) is 7.12. The minimum Gasteiger partial charge on any atom is -0.354 e. The van der Waals surface area contributed by atoms with E-state index in [4.69, 9.17) is 5.73 Å². The second-order valence-corrected chi connectivity index (χ2v) is 5.29. The number of rotatable bonds is 5. The Hall–Kier alpha value is -0.750. The lowest BCUT2D eigenvalue weighted by Gasteiger charge is -2.22. The largest absolute Gasteiger partial charge is 0.354 e. The number of nitrogens with one attached hydrogen (secondary N) is 1. The van der Waals surface area contributed by atoms with Gasteiger partial charge < -0.3 is 16.0 Å². The van der Waals surface area contributed by atoms with Crippen molar-refractivity contribution in [2.45, 2.75) is 38.8 Å². The number of amides is 2. The molecule has 0 aromatic heterocycles. The van der Waals surface area contributed by atoms with Crippen LogP contribution in [0.5, 0.6) is 0 Å². The van der Waals surface area contributed by atoms with Gasteiger partial charge in [-0.3, -0.25) is 9.59 Å². The van der Waals surface area contributed by atoms with E-state index >= 15 is 0 Å². The van der Waals surface area contributed by atoms with Crippen molar-refractivity contribution in [1.82, 2.24) is 10.2 Å². The van der Waals surface area contributed by atoms with E-state index in [9.17, 15) is 9.59 Å². The van der Waals surface area contributed by atoms with E-state index in [1.807, 2.05) is 13.8 Å². The van der Waals surface area contributed by atoms with E-state index in [0.29, 0.717) is 24.6 Å². The fourth-order valence-electron chi connectivity index (χ4n) is 1.65. The molecule has 0 aliphatic carbocycles. The number of carbonyl (C=O) groups is 2.